The molecule has 96 valence electrons. The second-order valence-corrected chi connectivity index (χ2v) is 0. The summed E-state index contributed by atoms with van der Waals surface area (Å²) in [4.78, 5) is 0. The highest BCUT2D eigenvalue weighted by molar-refractivity contribution is 8.93. The van der Waals surface area contributed by atoms with E-state index in [9.17, 15) is 0 Å². The third-order valence-electron chi connectivity index (χ3n) is 0. The maximum absolute atomic E-state index is 0. The Balaban J connectivity index is 0. The number of hydrogen-bond acceptors (Lipinski definition) is 0. The lowest BCUT2D eigenvalue weighted by molar-refractivity contribution is 1.11. The lowest BCUT2D eigenvalue weighted by atomic mass is 19.0. The molecule has 0 bridgehead atoms. The van der Waals surface area contributed by atoms with Gasteiger partial charge in [0, 0.05) is 0 Å². The molecule has 0 rings (SSSR count). The van der Waals surface area contributed by atoms with Crippen LogP contribution in [0, 0.1) is 0 Å². The van der Waals surface area contributed by atoms with Crippen molar-refractivity contribution in [2.45, 2.75) is 0 Å². The number of halogens is 12. The van der Waals surface area contributed by atoms with Crippen LogP contribution in [0.4, 0.5) is 28.2 Å². The van der Waals surface area contributed by atoms with Gasteiger partial charge in [-0.25, -0.2) is 0 Å². The molecule has 0 amide bonds. The van der Waals surface area contributed by atoms with Gasteiger partial charge in [-0.3, -0.25) is 28.2 Å². The molecule has 0 fully saturated rings. The molecule has 0 aliphatic rings. The molecule has 0 spiro atoms. The summed E-state index contributed by atoms with van der Waals surface area (Å²) in [7, 11) is 0. The van der Waals surface area contributed by atoms with Crippen molar-refractivity contribution in [1.29, 1.82) is 0 Å². The van der Waals surface area contributed by atoms with Crippen LogP contribution in [0.1, 0.15) is 0 Å². The van der Waals surface area contributed by atoms with Gasteiger partial charge in [-0.05, 0) is 0 Å². The molecule has 0 radical (unpaired) electrons. The molecule has 0 aromatic carbocycles. The predicted octanol–water partition coefficient (Wildman–Crippen LogP) is 4.38. The third kappa shape index (κ3) is 270. The van der Waals surface area contributed by atoms with Crippen molar-refractivity contribution >= 4 is 102 Å². The molecule has 0 unspecified atom stereocenters. The average Bonchev–Trinajstić information content (AvgIpc) is 0. The SMILES string of the molecule is Br.Br.Br.Br.Br.Br.F.F.F.F.F.F. The Morgan fingerprint density at radius 3 is 0.167 bits per heavy atom. The van der Waals surface area contributed by atoms with Crippen LogP contribution in [0.2, 0.25) is 0 Å². The Kier molecular flexibility index (Phi) is 12500. The summed E-state index contributed by atoms with van der Waals surface area (Å²) in [5.41, 5.74) is 0. The molecule has 0 aliphatic heterocycles. The van der Waals surface area contributed by atoms with E-state index in [-0.39, 0.29) is 130 Å². The van der Waals surface area contributed by atoms with Crippen LogP contribution in [0.3, 0.4) is 0 Å². The first-order valence-corrected chi connectivity index (χ1v) is 0. The summed E-state index contributed by atoms with van der Waals surface area (Å²) in [5.74, 6) is 0. The van der Waals surface area contributed by atoms with E-state index < -0.39 is 0 Å². The first-order valence-electron chi connectivity index (χ1n) is 0. The van der Waals surface area contributed by atoms with Crippen molar-refractivity contribution in [1.82, 2.24) is 0 Å². The van der Waals surface area contributed by atoms with E-state index in [0.29, 0.717) is 0 Å². The molecular weight excluding hydrogens is 593 g/mol. The monoisotopic (exact) mass is 600 g/mol. The first kappa shape index (κ1) is 433. The Morgan fingerprint density at radius 1 is 0.167 bits per heavy atom. The van der Waals surface area contributed by atoms with Crippen LogP contribution in [-0.2, 0) is 0 Å². The van der Waals surface area contributed by atoms with Crippen LogP contribution >= 0.6 is 102 Å². The fraction of sp³-hybridized carbons (Fsp3) is 0. The fourth-order valence-electron chi connectivity index (χ4n) is 0. The highest BCUT2D eigenvalue weighted by Gasteiger charge is -0.108. The molecule has 0 N–H and O–H groups in total. The summed E-state index contributed by atoms with van der Waals surface area (Å²) in [6, 6.07) is 0. The minimum atomic E-state index is 0. The summed E-state index contributed by atoms with van der Waals surface area (Å²) in [6.45, 7) is 0. The molecule has 0 aliphatic carbocycles. The summed E-state index contributed by atoms with van der Waals surface area (Å²) >= 11 is 0. The quantitative estimate of drug-likeness (QED) is 0.360. The Labute approximate surface area is 129 Å². The van der Waals surface area contributed by atoms with E-state index in [0.717, 1.165) is 0 Å². The van der Waals surface area contributed by atoms with Crippen molar-refractivity contribution in [3.63, 3.8) is 0 Å². The lowest BCUT2D eigenvalue weighted by Gasteiger charge is -0.270. The van der Waals surface area contributed by atoms with Crippen LogP contribution in [0.5, 0.6) is 0 Å². The van der Waals surface area contributed by atoms with Crippen molar-refractivity contribution in [2.75, 3.05) is 0 Å². The minimum Gasteiger partial charge on any atom is -0.269 e. The van der Waals surface area contributed by atoms with Gasteiger partial charge in [0.05, 0.1) is 0 Å². The van der Waals surface area contributed by atoms with Gasteiger partial charge in [0.2, 0.25) is 0 Å². The molecule has 0 nitrogen and oxygen atoms in total. The molecule has 0 saturated carbocycles. The van der Waals surface area contributed by atoms with Crippen molar-refractivity contribution < 1.29 is 28.2 Å². The van der Waals surface area contributed by atoms with Crippen molar-refractivity contribution in [3.8, 4) is 0 Å². The number of rotatable bonds is 0. The van der Waals surface area contributed by atoms with E-state index in [1.54, 1.807) is 0 Å². The molecule has 0 saturated heterocycles. The van der Waals surface area contributed by atoms with Gasteiger partial charge in [0.25, 0.3) is 0 Å². The second-order valence-electron chi connectivity index (χ2n) is 0. The zero-order chi connectivity index (χ0) is 0. The maximum atomic E-state index is 0. The largest absolute Gasteiger partial charge is 0.269 e. The third-order valence-corrected chi connectivity index (χ3v) is 0. The zero-order valence-electron chi connectivity index (χ0n) is 4.90. The summed E-state index contributed by atoms with van der Waals surface area (Å²) < 4.78 is 0. The minimum absolute atomic E-state index is 0. The van der Waals surface area contributed by atoms with Crippen molar-refractivity contribution in [3.05, 3.63) is 0 Å². The normalized spacial score (nSPS) is 0. The Hall–Kier alpha value is 2.46. The second kappa shape index (κ2) is 345. The van der Waals surface area contributed by atoms with Gasteiger partial charge in [-0.15, -0.1) is 102 Å². The fourth-order valence-corrected chi connectivity index (χ4v) is 0. The molecular formula is H12Br6F6. The highest BCUT2D eigenvalue weighted by atomic mass is 79.9. The summed E-state index contributed by atoms with van der Waals surface area (Å²) in [5, 5.41) is 0. The molecule has 0 aromatic heterocycles. The molecule has 12 heavy (non-hydrogen) atoms. The summed E-state index contributed by atoms with van der Waals surface area (Å²) in [6.07, 6.45) is 0. The average molecular weight is 606 g/mol. The van der Waals surface area contributed by atoms with E-state index in [4.69, 9.17) is 0 Å². The van der Waals surface area contributed by atoms with Crippen LogP contribution in [0.25, 0.3) is 0 Å². The van der Waals surface area contributed by atoms with Crippen LogP contribution < -0.4 is 0 Å². The first-order chi connectivity index (χ1) is 0. The Morgan fingerprint density at radius 2 is 0.167 bits per heavy atom. The molecule has 0 heterocycles. The lowest BCUT2D eigenvalue weighted by Crippen LogP contribution is 0.419. The molecule has 12 heteroatoms. The zero-order valence-corrected chi connectivity index (χ0v) is 15.2. The van der Waals surface area contributed by atoms with Gasteiger partial charge in [0.1, 0.15) is 0 Å². The number of hydrogen-bond donors (Lipinski definition) is 0. The highest BCUT2D eigenvalue weighted by Crippen LogP contribution is 0.851. The van der Waals surface area contributed by atoms with Crippen LogP contribution in [-0.4, -0.2) is 0 Å². The smallest absolute Gasteiger partial charge is 0.114 e. The topological polar surface area (TPSA) is 0 Å². The molecule has 0 atom stereocenters. The maximum Gasteiger partial charge on any atom is -0.114 e. The standard InChI is InChI=1S/6BrH.6FH/h12*1H. The van der Waals surface area contributed by atoms with E-state index in [1.165, 1.54) is 0 Å². The van der Waals surface area contributed by atoms with Gasteiger partial charge in [-0.2, -0.15) is 0 Å². The van der Waals surface area contributed by atoms with E-state index >= 15 is 0 Å². The van der Waals surface area contributed by atoms with Gasteiger partial charge >= 0.3 is 0 Å². The van der Waals surface area contributed by atoms with Crippen molar-refractivity contribution in [2.24, 2.45) is 0 Å². The predicted molar refractivity (Wildman–Crippen MR) is 76.9 cm³/mol. The van der Waals surface area contributed by atoms with Crippen LogP contribution in [0.15, 0.2) is 0 Å². The van der Waals surface area contributed by atoms with Gasteiger partial charge in [-0.1, -0.05) is 0 Å². The van der Waals surface area contributed by atoms with E-state index in [2.05, 4.69) is 0 Å². The molecule has 0 aromatic rings. The van der Waals surface area contributed by atoms with Gasteiger partial charge < -0.3 is 0 Å². The van der Waals surface area contributed by atoms with E-state index in [1.807, 2.05) is 0 Å². The van der Waals surface area contributed by atoms with Gasteiger partial charge in [0.15, 0.2) is 0 Å². The Bertz CT molecular complexity index is 12.0.